The minimum absolute atomic E-state index is 0.861. The fourth-order valence-electron chi connectivity index (χ4n) is 0.348. The maximum absolute atomic E-state index is 5.04. The zero-order valence-electron chi connectivity index (χ0n) is 5.20. The highest BCUT2D eigenvalue weighted by Crippen LogP contribution is 1.90. The van der Waals surface area contributed by atoms with Crippen LogP contribution in [-0.2, 0) is 0 Å². The molecule has 0 aliphatic rings. The molecule has 1 heteroatoms. The van der Waals surface area contributed by atoms with E-state index in [2.05, 4.69) is 17.8 Å². The molecule has 8 heavy (non-hydrogen) atoms. The van der Waals surface area contributed by atoms with Crippen molar-refractivity contribution in [3.05, 3.63) is 12.2 Å². The first-order chi connectivity index (χ1) is 3.81. The zero-order valence-corrected chi connectivity index (χ0v) is 5.20. The van der Waals surface area contributed by atoms with E-state index in [1.807, 2.05) is 7.05 Å². The second kappa shape index (κ2) is 4.42. The second-order valence-corrected chi connectivity index (χ2v) is 1.60. The first-order valence-electron chi connectivity index (χ1n) is 2.60. The van der Waals surface area contributed by atoms with Gasteiger partial charge in [-0.1, -0.05) is 12.5 Å². The molecule has 1 nitrogen and oxygen atoms in total. The van der Waals surface area contributed by atoms with Crippen molar-refractivity contribution in [1.82, 2.24) is 5.32 Å². The Hall–Kier alpha value is -0.740. The van der Waals surface area contributed by atoms with Crippen molar-refractivity contribution in [3.63, 3.8) is 0 Å². The standard InChI is InChI=1S/C7H11N/c1-4-7(2)5-6-8-3/h1,8H,2,5-6H2,3H3. The summed E-state index contributed by atoms with van der Waals surface area (Å²) in [6.07, 6.45) is 5.92. The molecule has 0 fully saturated rings. The molecule has 0 saturated carbocycles. The molecule has 44 valence electrons. The van der Waals surface area contributed by atoms with Gasteiger partial charge < -0.3 is 5.32 Å². The topological polar surface area (TPSA) is 12.0 Å². The normalized spacial score (nSPS) is 8.00. The van der Waals surface area contributed by atoms with Crippen molar-refractivity contribution >= 4 is 0 Å². The third kappa shape index (κ3) is 3.45. The van der Waals surface area contributed by atoms with Crippen molar-refractivity contribution in [1.29, 1.82) is 0 Å². The van der Waals surface area contributed by atoms with E-state index in [1.54, 1.807) is 0 Å². The molecular weight excluding hydrogens is 98.1 g/mol. The molecular formula is C7H11N. The highest BCUT2D eigenvalue weighted by atomic mass is 14.8. The quantitative estimate of drug-likeness (QED) is 0.528. The van der Waals surface area contributed by atoms with Crippen molar-refractivity contribution in [3.8, 4) is 12.3 Å². The van der Waals surface area contributed by atoms with Gasteiger partial charge in [0.1, 0.15) is 0 Å². The van der Waals surface area contributed by atoms with Crippen molar-refractivity contribution < 1.29 is 0 Å². The number of hydrogen-bond acceptors (Lipinski definition) is 1. The van der Waals surface area contributed by atoms with Crippen LogP contribution in [0.2, 0.25) is 0 Å². The van der Waals surface area contributed by atoms with Gasteiger partial charge in [0.05, 0.1) is 0 Å². The Kier molecular flexibility index (Phi) is 4.01. The summed E-state index contributed by atoms with van der Waals surface area (Å²) < 4.78 is 0. The van der Waals surface area contributed by atoms with Crippen LogP contribution < -0.4 is 5.32 Å². The molecule has 0 radical (unpaired) electrons. The summed E-state index contributed by atoms with van der Waals surface area (Å²) in [5.41, 5.74) is 0.861. The van der Waals surface area contributed by atoms with Gasteiger partial charge in [-0.05, 0) is 25.6 Å². The van der Waals surface area contributed by atoms with Crippen LogP contribution in [0.4, 0.5) is 0 Å². The van der Waals surface area contributed by atoms with Gasteiger partial charge in [0.25, 0.3) is 0 Å². The third-order valence-electron chi connectivity index (χ3n) is 0.881. The van der Waals surface area contributed by atoms with Gasteiger partial charge in [0.2, 0.25) is 0 Å². The maximum Gasteiger partial charge on any atom is -0.000528 e. The van der Waals surface area contributed by atoms with E-state index in [-0.39, 0.29) is 0 Å². The predicted molar refractivity (Wildman–Crippen MR) is 36.5 cm³/mol. The average Bonchev–Trinajstić information content (AvgIpc) is 1.83. The molecule has 0 amide bonds. The molecule has 0 aromatic heterocycles. The monoisotopic (exact) mass is 109 g/mol. The van der Waals surface area contributed by atoms with E-state index < -0.39 is 0 Å². The second-order valence-electron chi connectivity index (χ2n) is 1.60. The van der Waals surface area contributed by atoms with Gasteiger partial charge in [-0.15, -0.1) is 6.42 Å². The Labute approximate surface area is 50.8 Å². The Balaban J connectivity index is 3.16. The minimum Gasteiger partial charge on any atom is -0.319 e. The van der Waals surface area contributed by atoms with E-state index in [0.29, 0.717) is 0 Å². The SMILES string of the molecule is C#CC(=C)CCNC. The van der Waals surface area contributed by atoms with Crippen molar-refractivity contribution in [2.45, 2.75) is 6.42 Å². The lowest BCUT2D eigenvalue weighted by molar-refractivity contribution is 0.798. The molecule has 1 N–H and O–H groups in total. The van der Waals surface area contributed by atoms with E-state index >= 15 is 0 Å². The molecule has 0 aromatic rings. The van der Waals surface area contributed by atoms with Crippen LogP contribution in [0.1, 0.15) is 6.42 Å². The van der Waals surface area contributed by atoms with Crippen LogP contribution in [0.15, 0.2) is 12.2 Å². The molecule has 0 spiro atoms. The van der Waals surface area contributed by atoms with Crippen LogP contribution in [0.3, 0.4) is 0 Å². The Morgan fingerprint density at radius 3 is 2.88 bits per heavy atom. The average molecular weight is 109 g/mol. The Bertz CT molecular complexity index is 108. The van der Waals surface area contributed by atoms with Crippen LogP contribution in [0.5, 0.6) is 0 Å². The molecule has 0 saturated heterocycles. The van der Waals surface area contributed by atoms with E-state index in [0.717, 1.165) is 18.5 Å². The Morgan fingerprint density at radius 2 is 2.50 bits per heavy atom. The summed E-state index contributed by atoms with van der Waals surface area (Å²) in [5.74, 6) is 2.47. The Morgan fingerprint density at radius 1 is 1.88 bits per heavy atom. The van der Waals surface area contributed by atoms with Gasteiger partial charge in [0, 0.05) is 0 Å². The maximum atomic E-state index is 5.04. The summed E-state index contributed by atoms with van der Waals surface area (Å²) in [4.78, 5) is 0. The van der Waals surface area contributed by atoms with Gasteiger partial charge in [0.15, 0.2) is 0 Å². The number of nitrogens with one attached hydrogen (secondary N) is 1. The van der Waals surface area contributed by atoms with Crippen molar-refractivity contribution in [2.75, 3.05) is 13.6 Å². The van der Waals surface area contributed by atoms with Crippen LogP contribution >= 0.6 is 0 Å². The molecule has 0 rings (SSSR count). The predicted octanol–water partition coefficient (Wildman–Crippen LogP) is 0.785. The lowest BCUT2D eigenvalue weighted by atomic mass is 10.2. The molecule has 0 unspecified atom stereocenters. The highest BCUT2D eigenvalue weighted by molar-refractivity contribution is 5.20. The molecule has 0 bridgehead atoms. The van der Waals surface area contributed by atoms with E-state index in [1.165, 1.54) is 0 Å². The van der Waals surface area contributed by atoms with Gasteiger partial charge >= 0.3 is 0 Å². The fourth-order valence-corrected chi connectivity index (χ4v) is 0.348. The van der Waals surface area contributed by atoms with Crippen LogP contribution in [0, 0.1) is 12.3 Å². The highest BCUT2D eigenvalue weighted by Gasteiger charge is 1.83. The lowest BCUT2D eigenvalue weighted by Gasteiger charge is -1.93. The first kappa shape index (κ1) is 7.26. The molecule has 0 aliphatic heterocycles. The number of hydrogen-bond donors (Lipinski definition) is 1. The first-order valence-corrected chi connectivity index (χ1v) is 2.60. The smallest absolute Gasteiger partial charge is 0.000528 e. The number of rotatable bonds is 3. The minimum atomic E-state index is 0.861. The van der Waals surface area contributed by atoms with Crippen LogP contribution in [0.25, 0.3) is 0 Å². The molecule has 0 heterocycles. The fraction of sp³-hybridized carbons (Fsp3) is 0.429. The van der Waals surface area contributed by atoms with E-state index in [4.69, 9.17) is 6.42 Å². The van der Waals surface area contributed by atoms with Gasteiger partial charge in [-0.3, -0.25) is 0 Å². The molecule has 0 aliphatic carbocycles. The van der Waals surface area contributed by atoms with Crippen LogP contribution in [-0.4, -0.2) is 13.6 Å². The zero-order chi connectivity index (χ0) is 6.41. The molecule has 0 atom stereocenters. The number of terminal acetylenes is 1. The summed E-state index contributed by atoms with van der Waals surface area (Å²) in [5, 5.41) is 2.98. The van der Waals surface area contributed by atoms with E-state index in [9.17, 15) is 0 Å². The van der Waals surface area contributed by atoms with Gasteiger partial charge in [-0.2, -0.15) is 0 Å². The van der Waals surface area contributed by atoms with Gasteiger partial charge in [-0.25, -0.2) is 0 Å². The van der Waals surface area contributed by atoms with Crippen molar-refractivity contribution in [2.24, 2.45) is 0 Å². The summed E-state index contributed by atoms with van der Waals surface area (Å²) >= 11 is 0. The lowest BCUT2D eigenvalue weighted by Crippen LogP contribution is -2.07. The largest absolute Gasteiger partial charge is 0.319 e. The third-order valence-corrected chi connectivity index (χ3v) is 0.881. The molecule has 0 aromatic carbocycles. The summed E-state index contributed by atoms with van der Waals surface area (Å²) in [6.45, 7) is 4.55. The summed E-state index contributed by atoms with van der Waals surface area (Å²) in [7, 11) is 1.89. The summed E-state index contributed by atoms with van der Waals surface area (Å²) in [6, 6.07) is 0.